The van der Waals surface area contributed by atoms with Crippen LogP contribution < -0.4 is 0 Å². The second kappa shape index (κ2) is 2.01. The highest BCUT2D eigenvalue weighted by molar-refractivity contribution is 5.19. The summed E-state index contributed by atoms with van der Waals surface area (Å²) in [7, 11) is 0. The molecule has 2 aliphatic carbocycles. The molecule has 1 N–H and O–H groups in total. The lowest BCUT2D eigenvalue weighted by atomic mass is 9.65. The third-order valence-electron chi connectivity index (χ3n) is 4.34. The van der Waals surface area contributed by atoms with Gasteiger partial charge in [-0.3, -0.25) is 0 Å². The summed E-state index contributed by atoms with van der Waals surface area (Å²) in [6.07, 6.45) is 1.99. The Bertz CT molecular complexity index is 256. The Balaban J connectivity index is 1.72. The predicted molar refractivity (Wildman–Crippen MR) is 44.6 cm³/mol. The van der Waals surface area contributed by atoms with Gasteiger partial charge in [-0.05, 0) is 0 Å². The van der Waals surface area contributed by atoms with Crippen LogP contribution in [0.15, 0.2) is 0 Å². The first kappa shape index (κ1) is 8.02. The van der Waals surface area contributed by atoms with E-state index in [0.29, 0.717) is 25.7 Å². The van der Waals surface area contributed by atoms with Crippen LogP contribution in [0.3, 0.4) is 0 Å². The van der Waals surface area contributed by atoms with Crippen LogP contribution in [0.2, 0.25) is 0 Å². The molecule has 78 valence electrons. The lowest BCUT2D eigenvalue weighted by Crippen LogP contribution is -2.59. The SMILES string of the molecule is OC12CC3OC3CC1(F)C[C@H]1O[C@H]1C2. The van der Waals surface area contributed by atoms with Crippen molar-refractivity contribution in [2.75, 3.05) is 0 Å². The fourth-order valence-electron chi connectivity index (χ4n) is 3.29. The van der Waals surface area contributed by atoms with Gasteiger partial charge in [0.15, 0.2) is 0 Å². The minimum Gasteiger partial charge on any atom is -0.386 e. The van der Waals surface area contributed by atoms with Crippen LogP contribution in [0.1, 0.15) is 25.7 Å². The van der Waals surface area contributed by atoms with Crippen molar-refractivity contribution in [3.63, 3.8) is 0 Å². The number of fused-ring (bicyclic) bond motifs is 3. The zero-order valence-corrected chi connectivity index (χ0v) is 7.78. The largest absolute Gasteiger partial charge is 0.386 e. The molecular formula is C10H13FO3. The van der Waals surface area contributed by atoms with Gasteiger partial charge in [-0.15, -0.1) is 0 Å². The molecule has 0 spiro atoms. The third-order valence-corrected chi connectivity index (χ3v) is 4.34. The van der Waals surface area contributed by atoms with Gasteiger partial charge in [-0.25, -0.2) is 4.39 Å². The van der Waals surface area contributed by atoms with Crippen molar-refractivity contribution in [3.8, 4) is 0 Å². The van der Waals surface area contributed by atoms with Crippen molar-refractivity contribution in [3.05, 3.63) is 0 Å². The highest BCUT2D eigenvalue weighted by Gasteiger charge is 2.70. The number of halogens is 1. The quantitative estimate of drug-likeness (QED) is 0.581. The predicted octanol–water partition coefficient (Wildman–Crippen LogP) is 0.548. The summed E-state index contributed by atoms with van der Waals surface area (Å²) in [5, 5.41) is 10.3. The van der Waals surface area contributed by atoms with Crippen molar-refractivity contribution in [2.24, 2.45) is 0 Å². The minimum absolute atomic E-state index is 0.0653. The summed E-state index contributed by atoms with van der Waals surface area (Å²) in [6.45, 7) is 0. The van der Waals surface area contributed by atoms with E-state index in [1.54, 1.807) is 0 Å². The Morgan fingerprint density at radius 1 is 0.929 bits per heavy atom. The summed E-state index contributed by atoms with van der Waals surface area (Å²) < 4.78 is 25.2. The van der Waals surface area contributed by atoms with E-state index in [2.05, 4.69) is 0 Å². The van der Waals surface area contributed by atoms with Gasteiger partial charge in [0.2, 0.25) is 0 Å². The Morgan fingerprint density at radius 2 is 1.36 bits per heavy atom. The first-order valence-corrected chi connectivity index (χ1v) is 5.32. The van der Waals surface area contributed by atoms with Gasteiger partial charge in [0, 0.05) is 25.7 Å². The van der Waals surface area contributed by atoms with E-state index in [0.717, 1.165) is 0 Å². The lowest BCUT2D eigenvalue weighted by molar-refractivity contribution is -0.140. The molecule has 2 saturated heterocycles. The maximum atomic E-state index is 14.5. The number of ether oxygens (including phenoxy) is 2. The van der Waals surface area contributed by atoms with Crippen LogP contribution in [0, 0.1) is 0 Å². The van der Waals surface area contributed by atoms with Gasteiger partial charge >= 0.3 is 0 Å². The van der Waals surface area contributed by atoms with Gasteiger partial charge in [0.05, 0.1) is 24.4 Å². The van der Waals surface area contributed by atoms with Gasteiger partial charge in [0.1, 0.15) is 11.3 Å². The van der Waals surface area contributed by atoms with E-state index in [1.807, 2.05) is 0 Å². The minimum atomic E-state index is -1.46. The zero-order chi connectivity index (χ0) is 9.55. The molecule has 14 heavy (non-hydrogen) atoms. The maximum absolute atomic E-state index is 14.5. The molecule has 0 aromatic heterocycles. The normalized spacial score (nSPS) is 69.0. The fraction of sp³-hybridized carbons (Fsp3) is 1.00. The van der Waals surface area contributed by atoms with Crippen LogP contribution >= 0.6 is 0 Å². The molecule has 2 aliphatic heterocycles. The Kier molecular flexibility index (Phi) is 1.15. The number of aliphatic hydroxyl groups is 1. The summed E-state index contributed by atoms with van der Waals surface area (Å²) >= 11 is 0. The van der Waals surface area contributed by atoms with E-state index in [9.17, 15) is 9.50 Å². The zero-order valence-electron chi connectivity index (χ0n) is 7.78. The molecule has 4 rings (SSSR count). The third kappa shape index (κ3) is 0.829. The molecule has 4 unspecified atom stereocenters. The summed E-state index contributed by atoms with van der Waals surface area (Å²) in [6, 6.07) is 0. The molecule has 4 aliphatic rings. The standard InChI is InChI=1S/C10H13FO3/c11-9-1-5-7(13-5)3-10(9,12)4-8-6(2-9)14-8/h5-8,12H,1-4H2/t5-,6?,7+,8?,9?,10?/m1/s1. The van der Waals surface area contributed by atoms with E-state index < -0.39 is 11.3 Å². The van der Waals surface area contributed by atoms with E-state index in [-0.39, 0.29) is 24.4 Å². The lowest BCUT2D eigenvalue weighted by Gasteiger charge is -2.45. The Morgan fingerprint density at radius 3 is 1.86 bits per heavy atom. The molecular weight excluding hydrogens is 187 g/mol. The molecule has 0 radical (unpaired) electrons. The summed E-state index contributed by atoms with van der Waals surface area (Å²) in [5.41, 5.74) is -2.63. The molecule has 0 bridgehead atoms. The van der Waals surface area contributed by atoms with Crippen LogP contribution in [0.25, 0.3) is 0 Å². The average molecular weight is 200 g/mol. The van der Waals surface area contributed by atoms with Crippen LogP contribution in [0.4, 0.5) is 4.39 Å². The second-order valence-corrected chi connectivity index (χ2v) is 5.24. The van der Waals surface area contributed by atoms with Gasteiger partial charge < -0.3 is 14.6 Å². The van der Waals surface area contributed by atoms with Gasteiger partial charge in [0.25, 0.3) is 0 Å². The number of rotatable bonds is 0. The number of hydrogen-bond acceptors (Lipinski definition) is 3. The molecule has 3 nitrogen and oxygen atoms in total. The van der Waals surface area contributed by atoms with E-state index in [4.69, 9.17) is 9.47 Å². The first-order chi connectivity index (χ1) is 6.60. The highest BCUT2D eigenvalue weighted by atomic mass is 19.1. The van der Waals surface area contributed by atoms with E-state index in [1.165, 1.54) is 0 Å². The second-order valence-electron chi connectivity index (χ2n) is 5.24. The average Bonchev–Trinajstić information content (AvgIpc) is 2.92. The summed E-state index contributed by atoms with van der Waals surface area (Å²) in [5.74, 6) is 0. The molecule has 2 heterocycles. The molecule has 4 fully saturated rings. The topological polar surface area (TPSA) is 45.3 Å². The molecule has 2 saturated carbocycles. The molecule has 6 atom stereocenters. The molecule has 0 amide bonds. The van der Waals surface area contributed by atoms with Crippen molar-refractivity contribution in [1.29, 1.82) is 0 Å². The molecule has 0 aromatic carbocycles. The van der Waals surface area contributed by atoms with Gasteiger partial charge in [-0.1, -0.05) is 0 Å². The van der Waals surface area contributed by atoms with Gasteiger partial charge in [-0.2, -0.15) is 0 Å². The highest BCUT2D eigenvalue weighted by Crippen LogP contribution is 2.59. The first-order valence-electron chi connectivity index (χ1n) is 5.32. The monoisotopic (exact) mass is 200 g/mol. The number of alkyl halides is 1. The smallest absolute Gasteiger partial charge is 0.144 e. The maximum Gasteiger partial charge on any atom is 0.144 e. The van der Waals surface area contributed by atoms with Crippen LogP contribution in [0.5, 0.6) is 0 Å². The molecule has 4 heteroatoms. The molecule has 0 aromatic rings. The van der Waals surface area contributed by atoms with Crippen LogP contribution in [-0.2, 0) is 9.47 Å². The number of hydrogen-bond donors (Lipinski definition) is 1. The van der Waals surface area contributed by atoms with Crippen molar-refractivity contribution in [2.45, 2.75) is 61.4 Å². The van der Waals surface area contributed by atoms with Crippen LogP contribution in [-0.4, -0.2) is 40.8 Å². The van der Waals surface area contributed by atoms with E-state index >= 15 is 0 Å². The van der Waals surface area contributed by atoms with Crippen molar-refractivity contribution in [1.82, 2.24) is 0 Å². The van der Waals surface area contributed by atoms with Crippen molar-refractivity contribution >= 4 is 0 Å². The number of epoxide rings is 2. The summed E-state index contributed by atoms with van der Waals surface area (Å²) in [4.78, 5) is 0. The Labute approximate surface area is 81.2 Å². The van der Waals surface area contributed by atoms with Crippen molar-refractivity contribution < 1.29 is 19.0 Å². The Hall–Kier alpha value is -0.190. The fourth-order valence-corrected chi connectivity index (χ4v) is 3.29.